The average molecular weight is 599 g/mol. The Morgan fingerprint density at radius 1 is 1.00 bits per heavy atom. The molecule has 1 N–H and O–H groups in total. The molecule has 0 aromatic heterocycles. The number of thioether (sulfide) groups is 1. The summed E-state index contributed by atoms with van der Waals surface area (Å²) in [7, 11) is 0. The summed E-state index contributed by atoms with van der Waals surface area (Å²) in [6.45, 7) is 4.26. The Morgan fingerprint density at radius 2 is 1.68 bits per heavy atom. The number of rotatable bonds is 13. The van der Waals surface area contributed by atoms with Gasteiger partial charge in [-0.2, -0.15) is 0 Å². The summed E-state index contributed by atoms with van der Waals surface area (Å²) < 4.78 is 0.901. The molecule has 3 aromatic rings. The maximum atomic E-state index is 13.7. The van der Waals surface area contributed by atoms with Crippen LogP contribution in [0.5, 0.6) is 0 Å². The van der Waals surface area contributed by atoms with Crippen molar-refractivity contribution in [2.24, 2.45) is 0 Å². The lowest BCUT2D eigenvalue weighted by atomic mass is 10.0. The molecule has 0 spiro atoms. The first-order valence-electron chi connectivity index (χ1n) is 12.5. The van der Waals surface area contributed by atoms with Gasteiger partial charge in [0.15, 0.2) is 0 Å². The minimum atomic E-state index is -0.683. The second-order valence-corrected chi connectivity index (χ2v) is 11.0. The van der Waals surface area contributed by atoms with E-state index in [4.69, 9.17) is 0 Å². The van der Waals surface area contributed by atoms with Crippen LogP contribution in [0.25, 0.3) is 0 Å². The van der Waals surface area contributed by atoms with E-state index in [1.165, 1.54) is 23.9 Å². The molecule has 9 heteroatoms. The van der Waals surface area contributed by atoms with Crippen molar-refractivity contribution in [1.29, 1.82) is 0 Å². The highest BCUT2D eigenvalue weighted by Crippen LogP contribution is 2.21. The minimum Gasteiger partial charge on any atom is -0.352 e. The van der Waals surface area contributed by atoms with Gasteiger partial charge in [-0.15, -0.1) is 11.8 Å². The zero-order valence-electron chi connectivity index (χ0n) is 21.5. The molecule has 7 nitrogen and oxygen atoms in total. The molecule has 0 saturated heterocycles. The third kappa shape index (κ3) is 8.99. The second-order valence-electron chi connectivity index (χ2n) is 9.09. The lowest BCUT2D eigenvalue weighted by molar-refractivity contribution is -0.384. The van der Waals surface area contributed by atoms with Crippen LogP contribution in [0.4, 0.5) is 5.69 Å². The first-order chi connectivity index (χ1) is 18.3. The summed E-state index contributed by atoms with van der Waals surface area (Å²) in [6.07, 6.45) is 1.18. The van der Waals surface area contributed by atoms with Crippen LogP contribution in [-0.2, 0) is 28.3 Å². The molecule has 38 heavy (non-hydrogen) atoms. The molecule has 0 unspecified atom stereocenters. The number of nitro groups is 1. The number of non-ortho nitro benzene ring substituents is 1. The van der Waals surface area contributed by atoms with Gasteiger partial charge in [-0.25, -0.2) is 0 Å². The predicted molar refractivity (Wildman–Crippen MR) is 156 cm³/mol. The summed E-state index contributed by atoms with van der Waals surface area (Å²) in [5.41, 5.74) is 2.82. The van der Waals surface area contributed by atoms with Gasteiger partial charge in [-0.1, -0.05) is 77.5 Å². The zero-order valence-corrected chi connectivity index (χ0v) is 23.9. The number of amides is 2. The molecule has 0 heterocycles. The van der Waals surface area contributed by atoms with E-state index in [1.54, 1.807) is 17.0 Å². The number of nitro benzene ring substituents is 1. The third-order valence-corrected chi connectivity index (χ3v) is 7.64. The van der Waals surface area contributed by atoms with Crippen molar-refractivity contribution in [3.63, 3.8) is 0 Å². The van der Waals surface area contributed by atoms with E-state index < -0.39 is 11.0 Å². The van der Waals surface area contributed by atoms with Crippen LogP contribution < -0.4 is 5.32 Å². The molecule has 2 atom stereocenters. The number of carbonyl (C=O) groups is 2. The average Bonchev–Trinajstić information content (AvgIpc) is 2.91. The molecule has 0 bridgehead atoms. The number of benzene rings is 3. The van der Waals surface area contributed by atoms with Gasteiger partial charge in [0.2, 0.25) is 11.8 Å². The first kappa shape index (κ1) is 29.4. The summed E-state index contributed by atoms with van der Waals surface area (Å²) in [4.78, 5) is 39.4. The maximum Gasteiger partial charge on any atom is 0.269 e. The van der Waals surface area contributed by atoms with Gasteiger partial charge in [0.25, 0.3) is 5.69 Å². The van der Waals surface area contributed by atoms with E-state index in [0.717, 1.165) is 27.6 Å². The van der Waals surface area contributed by atoms with Gasteiger partial charge in [-0.05, 0) is 42.2 Å². The fourth-order valence-electron chi connectivity index (χ4n) is 3.88. The largest absolute Gasteiger partial charge is 0.352 e. The Labute approximate surface area is 236 Å². The maximum absolute atomic E-state index is 13.7. The summed E-state index contributed by atoms with van der Waals surface area (Å²) in [6, 6.07) is 23.1. The van der Waals surface area contributed by atoms with Crippen LogP contribution in [0.3, 0.4) is 0 Å². The number of hydrogen-bond donors (Lipinski definition) is 1. The molecular formula is C29H32BrN3O4S. The summed E-state index contributed by atoms with van der Waals surface area (Å²) in [5.74, 6) is 0.382. The number of halogens is 1. The topological polar surface area (TPSA) is 92.6 Å². The molecule has 0 fully saturated rings. The normalized spacial score (nSPS) is 12.4. The lowest BCUT2D eigenvalue weighted by Crippen LogP contribution is -2.52. The van der Waals surface area contributed by atoms with Crippen molar-refractivity contribution in [2.45, 2.75) is 51.1 Å². The third-order valence-electron chi connectivity index (χ3n) is 6.16. The van der Waals surface area contributed by atoms with E-state index in [2.05, 4.69) is 21.2 Å². The van der Waals surface area contributed by atoms with Gasteiger partial charge in [0.05, 0.1) is 10.7 Å². The highest BCUT2D eigenvalue weighted by Gasteiger charge is 2.31. The van der Waals surface area contributed by atoms with E-state index in [1.807, 2.05) is 68.4 Å². The van der Waals surface area contributed by atoms with E-state index in [9.17, 15) is 19.7 Å². The minimum absolute atomic E-state index is 0.0138. The van der Waals surface area contributed by atoms with Crippen LogP contribution in [0, 0.1) is 10.1 Å². The standard InChI is InChI=1S/C29H32BrN3O4S/c1-3-21(2)31-29(35)27(17-22-8-5-4-6-9-22)32(18-24-10-7-11-25(30)16-24)28(34)20-38-19-23-12-14-26(15-13-23)33(36)37/h4-16,21,27H,3,17-20H2,1-2H3,(H,31,35)/t21-,27-/m1/s1. The van der Waals surface area contributed by atoms with Crippen molar-refractivity contribution >= 4 is 45.2 Å². The molecular weight excluding hydrogens is 566 g/mol. The van der Waals surface area contributed by atoms with Gasteiger partial charge in [0.1, 0.15) is 6.04 Å². The van der Waals surface area contributed by atoms with Gasteiger partial charge >= 0.3 is 0 Å². The fourth-order valence-corrected chi connectivity index (χ4v) is 5.20. The van der Waals surface area contributed by atoms with Gasteiger partial charge in [0, 0.05) is 41.4 Å². The first-order valence-corrected chi connectivity index (χ1v) is 14.4. The number of carbonyl (C=O) groups excluding carboxylic acids is 2. The summed E-state index contributed by atoms with van der Waals surface area (Å²) in [5, 5.41) is 14.0. The van der Waals surface area contributed by atoms with Gasteiger partial charge in [-0.3, -0.25) is 19.7 Å². The van der Waals surface area contributed by atoms with Crippen LogP contribution in [0.1, 0.15) is 37.0 Å². The molecule has 0 aliphatic heterocycles. The lowest BCUT2D eigenvalue weighted by Gasteiger charge is -2.32. The van der Waals surface area contributed by atoms with Crippen LogP contribution >= 0.6 is 27.7 Å². The van der Waals surface area contributed by atoms with Crippen LogP contribution in [0.15, 0.2) is 83.3 Å². The Hall–Kier alpha value is -3.17. The fraction of sp³-hybridized carbons (Fsp3) is 0.310. The summed E-state index contributed by atoms with van der Waals surface area (Å²) >= 11 is 4.93. The monoisotopic (exact) mass is 597 g/mol. The SMILES string of the molecule is CC[C@@H](C)NC(=O)[C@@H](Cc1ccccc1)N(Cc1cccc(Br)c1)C(=O)CSCc1ccc([N+](=O)[O-])cc1. The molecule has 2 amide bonds. The predicted octanol–water partition coefficient (Wildman–Crippen LogP) is 6.15. The van der Waals surface area contributed by atoms with E-state index in [0.29, 0.717) is 18.7 Å². The molecule has 0 saturated carbocycles. The second kappa shape index (κ2) is 14.7. The van der Waals surface area contributed by atoms with E-state index in [-0.39, 0.29) is 29.3 Å². The highest BCUT2D eigenvalue weighted by molar-refractivity contribution is 9.10. The molecule has 3 rings (SSSR count). The number of nitrogens with one attached hydrogen (secondary N) is 1. The molecule has 200 valence electrons. The van der Waals surface area contributed by atoms with Crippen molar-refractivity contribution < 1.29 is 14.5 Å². The molecule has 3 aromatic carbocycles. The highest BCUT2D eigenvalue weighted by atomic mass is 79.9. The Kier molecular flexibility index (Phi) is 11.4. The zero-order chi connectivity index (χ0) is 27.5. The quantitative estimate of drug-likeness (QED) is 0.188. The number of nitrogens with zero attached hydrogens (tertiary/aromatic N) is 2. The molecule has 0 aliphatic carbocycles. The smallest absolute Gasteiger partial charge is 0.269 e. The van der Waals surface area contributed by atoms with Crippen molar-refractivity contribution in [1.82, 2.24) is 10.2 Å². The van der Waals surface area contributed by atoms with Gasteiger partial charge < -0.3 is 10.2 Å². The van der Waals surface area contributed by atoms with Crippen molar-refractivity contribution in [3.05, 3.63) is 110 Å². The molecule has 0 radical (unpaired) electrons. The van der Waals surface area contributed by atoms with E-state index >= 15 is 0 Å². The Morgan fingerprint density at radius 3 is 2.32 bits per heavy atom. The Balaban J connectivity index is 1.83. The Bertz CT molecular complexity index is 1220. The molecule has 0 aliphatic rings. The van der Waals surface area contributed by atoms with Crippen molar-refractivity contribution in [2.75, 3.05) is 5.75 Å². The van der Waals surface area contributed by atoms with Crippen LogP contribution in [-0.4, -0.2) is 39.5 Å². The number of hydrogen-bond acceptors (Lipinski definition) is 5. The van der Waals surface area contributed by atoms with Crippen LogP contribution in [0.2, 0.25) is 0 Å². The van der Waals surface area contributed by atoms with Crippen molar-refractivity contribution in [3.8, 4) is 0 Å².